The molecule has 10 heteroatoms. The second-order valence-corrected chi connectivity index (χ2v) is 7.34. The summed E-state index contributed by atoms with van der Waals surface area (Å²) in [7, 11) is 3.43. The number of nitrogens with one attached hydrogen (secondary N) is 3. The second kappa shape index (κ2) is 6.90. The highest BCUT2D eigenvalue weighted by Crippen LogP contribution is 2.33. The molecule has 1 amide bonds. The normalized spacial score (nSPS) is 16.5. The molecular weight excluding hydrogens is 384 g/mol. The van der Waals surface area contributed by atoms with Crippen LogP contribution in [0.15, 0.2) is 30.6 Å². The summed E-state index contributed by atoms with van der Waals surface area (Å²) in [5, 5.41) is 19.6. The Bertz CT molecular complexity index is 1280. The maximum Gasteiger partial charge on any atom is 0.271 e. The first kappa shape index (κ1) is 18.2. The van der Waals surface area contributed by atoms with Crippen molar-refractivity contribution in [1.82, 2.24) is 29.7 Å². The number of carbonyl (C=O) groups excluding carboxylic acids is 1. The fourth-order valence-electron chi connectivity index (χ4n) is 3.74. The highest BCUT2D eigenvalue weighted by molar-refractivity contribution is 5.94. The van der Waals surface area contributed by atoms with Gasteiger partial charge in [-0.05, 0) is 25.5 Å². The third kappa shape index (κ3) is 2.88. The lowest BCUT2D eigenvalue weighted by Gasteiger charge is -2.17. The number of rotatable bonds is 2. The fourth-order valence-corrected chi connectivity index (χ4v) is 3.74. The van der Waals surface area contributed by atoms with Gasteiger partial charge in [0, 0.05) is 31.1 Å². The minimum atomic E-state index is -0.222. The minimum absolute atomic E-state index is 0.0481. The molecule has 154 valence electrons. The van der Waals surface area contributed by atoms with E-state index in [1.54, 1.807) is 24.9 Å². The van der Waals surface area contributed by atoms with Crippen LogP contribution in [0.25, 0.3) is 16.6 Å². The Morgan fingerprint density at radius 2 is 2.13 bits per heavy atom. The minimum Gasteiger partial charge on any atom is -0.495 e. The zero-order chi connectivity index (χ0) is 20.8. The maximum absolute atomic E-state index is 12.9. The van der Waals surface area contributed by atoms with Crippen molar-refractivity contribution >= 4 is 39.6 Å². The van der Waals surface area contributed by atoms with Crippen LogP contribution < -0.4 is 20.7 Å². The van der Waals surface area contributed by atoms with E-state index in [9.17, 15) is 4.79 Å². The van der Waals surface area contributed by atoms with Gasteiger partial charge in [-0.2, -0.15) is 5.10 Å². The number of aryl methyl sites for hydroxylation is 1. The van der Waals surface area contributed by atoms with Crippen molar-refractivity contribution in [3.63, 3.8) is 0 Å². The Labute approximate surface area is 172 Å². The summed E-state index contributed by atoms with van der Waals surface area (Å²) < 4.78 is 9.08. The molecule has 4 bridgehead atoms. The van der Waals surface area contributed by atoms with Crippen molar-refractivity contribution in [2.45, 2.75) is 25.9 Å². The first-order valence-corrected chi connectivity index (χ1v) is 9.75. The molecule has 4 heterocycles. The average Bonchev–Trinajstić information content (AvgIpc) is 3.34. The van der Waals surface area contributed by atoms with Gasteiger partial charge >= 0.3 is 0 Å². The van der Waals surface area contributed by atoms with E-state index in [1.165, 1.54) is 0 Å². The van der Waals surface area contributed by atoms with Gasteiger partial charge in [0.1, 0.15) is 5.75 Å². The molecule has 1 atom stereocenters. The molecule has 0 saturated carbocycles. The summed E-state index contributed by atoms with van der Waals surface area (Å²) in [6.45, 7) is 2.65. The molecule has 0 saturated heterocycles. The Balaban J connectivity index is 1.74. The van der Waals surface area contributed by atoms with Crippen LogP contribution in [0.1, 0.15) is 23.8 Å². The Morgan fingerprint density at radius 1 is 1.27 bits per heavy atom. The van der Waals surface area contributed by atoms with Crippen LogP contribution in [-0.2, 0) is 6.54 Å². The third-order valence-corrected chi connectivity index (χ3v) is 5.35. The third-order valence-electron chi connectivity index (χ3n) is 5.35. The number of hydrogen-bond donors (Lipinski definition) is 3. The standard InChI is InChI=1S/C20H22N8O2/c1-11-4-5-27-15-7-13(17(30-3)6-12(15)9-23-27)25-18-8-14(21-2)19-22-10-16(20(29)24-11)28(19)26-18/h6-11,21H,4-5H2,1-3H3,(H,24,29)(H,25,26). The summed E-state index contributed by atoms with van der Waals surface area (Å²) in [6, 6.07) is 5.77. The molecule has 1 aliphatic rings. The van der Waals surface area contributed by atoms with Crippen molar-refractivity contribution in [2.24, 2.45) is 0 Å². The molecule has 0 radical (unpaired) electrons. The predicted molar refractivity (Wildman–Crippen MR) is 114 cm³/mol. The monoisotopic (exact) mass is 406 g/mol. The van der Waals surface area contributed by atoms with Gasteiger partial charge in [-0.1, -0.05) is 0 Å². The van der Waals surface area contributed by atoms with Crippen LogP contribution in [0.3, 0.4) is 0 Å². The molecule has 1 aromatic carbocycles. The van der Waals surface area contributed by atoms with E-state index in [2.05, 4.69) is 31.1 Å². The lowest BCUT2D eigenvalue weighted by Crippen LogP contribution is -2.34. The molecule has 3 aromatic heterocycles. The van der Waals surface area contributed by atoms with Crippen LogP contribution in [0, 0.1) is 0 Å². The fraction of sp³-hybridized carbons (Fsp3) is 0.300. The highest BCUT2D eigenvalue weighted by atomic mass is 16.5. The smallest absolute Gasteiger partial charge is 0.271 e. The van der Waals surface area contributed by atoms with Crippen molar-refractivity contribution in [3.8, 4) is 5.75 Å². The Kier molecular flexibility index (Phi) is 4.19. The number of ether oxygens (including phenoxy) is 1. The molecule has 5 rings (SSSR count). The van der Waals surface area contributed by atoms with Crippen molar-refractivity contribution in [1.29, 1.82) is 0 Å². The first-order valence-electron chi connectivity index (χ1n) is 9.75. The average molecular weight is 406 g/mol. The number of methoxy groups -OCH3 is 1. The summed E-state index contributed by atoms with van der Waals surface area (Å²) >= 11 is 0. The summed E-state index contributed by atoms with van der Waals surface area (Å²) in [4.78, 5) is 17.3. The number of aromatic nitrogens is 5. The van der Waals surface area contributed by atoms with E-state index in [0.29, 0.717) is 29.5 Å². The van der Waals surface area contributed by atoms with Gasteiger partial charge in [0.05, 0.1) is 36.4 Å². The van der Waals surface area contributed by atoms with Crippen LogP contribution in [0.5, 0.6) is 5.75 Å². The molecule has 0 fully saturated rings. The van der Waals surface area contributed by atoms with Gasteiger partial charge < -0.3 is 20.7 Å². The van der Waals surface area contributed by atoms with Crippen LogP contribution in [0.4, 0.5) is 17.2 Å². The number of amides is 1. The summed E-state index contributed by atoms with van der Waals surface area (Å²) in [6.07, 6.45) is 4.09. The zero-order valence-electron chi connectivity index (χ0n) is 16.9. The number of fused-ring (bicyclic) bond motifs is 2. The van der Waals surface area contributed by atoms with Gasteiger partial charge in [-0.3, -0.25) is 9.48 Å². The van der Waals surface area contributed by atoms with Crippen molar-refractivity contribution in [2.75, 3.05) is 24.8 Å². The molecule has 30 heavy (non-hydrogen) atoms. The predicted octanol–water partition coefficient (Wildman–Crippen LogP) is 2.39. The van der Waals surface area contributed by atoms with E-state index >= 15 is 0 Å². The number of carbonyl (C=O) groups is 1. The molecule has 1 unspecified atom stereocenters. The number of benzene rings is 1. The van der Waals surface area contributed by atoms with Crippen molar-refractivity contribution < 1.29 is 9.53 Å². The second-order valence-electron chi connectivity index (χ2n) is 7.34. The lowest BCUT2D eigenvalue weighted by molar-refractivity contribution is 0.0930. The van der Waals surface area contributed by atoms with Crippen LogP contribution >= 0.6 is 0 Å². The molecule has 10 nitrogen and oxygen atoms in total. The molecular formula is C20H22N8O2. The number of anilines is 3. The van der Waals surface area contributed by atoms with E-state index in [1.807, 2.05) is 36.0 Å². The lowest BCUT2D eigenvalue weighted by atomic mass is 10.2. The topological polar surface area (TPSA) is 110 Å². The number of nitrogens with zero attached hydrogens (tertiary/aromatic N) is 5. The van der Waals surface area contributed by atoms with Gasteiger partial charge in [0.25, 0.3) is 5.91 Å². The van der Waals surface area contributed by atoms with E-state index in [-0.39, 0.29) is 11.9 Å². The van der Waals surface area contributed by atoms with Crippen molar-refractivity contribution in [3.05, 3.63) is 36.3 Å². The van der Waals surface area contributed by atoms with Gasteiger partial charge in [0.2, 0.25) is 0 Å². The van der Waals surface area contributed by atoms with Gasteiger partial charge in [-0.25, -0.2) is 9.50 Å². The molecule has 4 aromatic rings. The highest BCUT2D eigenvalue weighted by Gasteiger charge is 2.20. The molecule has 1 aliphatic heterocycles. The van der Waals surface area contributed by atoms with Crippen LogP contribution in [0.2, 0.25) is 0 Å². The Hall–Kier alpha value is -3.82. The zero-order valence-corrected chi connectivity index (χ0v) is 16.9. The summed E-state index contributed by atoms with van der Waals surface area (Å²) in [5.41, 5.74) is 3.44. The van der Waals surface area contributed by atoms with Gasteiger partial charge in [0.15, 0.2) is 17.2 Å². The Morgan fingerprint density at radius 3 is 2.93 bits per heavy atom. The van der Waals surface area contributed by atoms with Gasteiger partial charge in [-0.15, -0.1) is 5.10 Å². The SMILES string of the molecule is CNc1cc2nn3c(cnc13)C(=O)NC(C)CCn1ncc3cc(OC)c(cc31)N2. The number of hydrogen-bond acceptors (Lipinski definition) is 7. The molecule has 0 spiro atoms. The first-order chi connectivity index (χ1) is 14.6. The molecule has 3 N–H and O–H groups in total. The van der Waals surface area contributed by atoms with E-state index in [4.69, 9.17) is 4.74 Å². The van der Waals surface area contributed by atoms with E-state index < -0.39 is 0 Å². The maximum atomic E-state index is 12.9. The number of imidazole rings is 1. The van der Waals surface area contributed by atoms with E-state index in [0.717, 1.165) is 28.7 Å². The summed E-state index contributed by atoms with van der Waals surface area (Å²) in [5.74, 6) is 1.01. The van der Waals surface area contributed by atoms with Crippen LogP contribution in [-0.4, -0.2) is 50.5 Å². The quantitative estimate of drug-likeness (QED) is 0.469. The largest absolute Gasteiger partial charge is 0.495 e. The molecule has 0 aliphatic carbocycles.